The van der Waals surface area contributed by atoms with E-state index in [1.54, 1.807) is 6.07 Å². The molecule has 27 heavy (non-hydrogen) atoms. The number of anilines is 2. The van der Waals surface area contributed by atoms with Crippen LogP contribution in [0.15, 0.2) is 30.3 Å². The van der Waals surface area contributed by atoms with E-state index in [1.807, 2.05) is 22.6 Å². The molecule has 0 aromatic heterocycles. The van der Waals surface area contributed by atoms with Crippen LogP contribution in [0.2, 0.25) is 0 Å². The van der Waals surface area contributed by atoms with Crippen molar-refractivity contribution in [2.45, 2.75) is 5.60 Å². The van der Waals surface area contributed by atoms with Crippen LogP contribution in [-0.4, -0.2) is 43.2 Å². The molecule has 1 aliphatic heterocycles. The minimum Gasteiger partial charge on any atom is -0.373 e. The third-order valence-corrected chi connectivity index (χ3v) is 5.24. The quantitative estimate of drug-likeness (QED) is 0.631. The minimum absolute atomic E-state index is 0.0641. The Morgan fingerprint density at radius 3 is 2.56 bits per heavy atom. The van der Waals surface area contributed by atoms with Crippen molar-refractivity contribution < 1.29 is 22.7 Å². The van der Waals surface area contributed by atoms with Crippen molar-refractivity contribution in [1.29, 1.82) is 0 Å². The Bertz CT molecular complexity index is 882. The Hall–Kier alpha value is -1.85. The summed E-state index contributed by atoms with van der Waals surface area (Å²) in [5, 5.41) is 2.51. The Kier molecular flexibility index (Phi) is 5.63. The van der Waals surface area contributed by atoms with Crippen molar-refractivity contribution in [3.63, 3.8) is 0 Å². The van der Waals surface area contributed by atoms with E-state index in [9.17, 15) is 18.0 Å². The summed E-state index contributed by atoms with van der Waals surface area (Å²) in [6.45, 7) is 0.689. The molecule has 0 spiro atoms. The highest BCUT2D eigenvalue weighted by atomic mass is 127. The number of nitrogens with one attached hydrogen (secondary N) is 1. The van der Waals surface area contributed by atoms with Gasteiger partial charge in [0.15, 0.2) is 11.6 Å². The third-order valence-electron chi connectivity index (χ3n) is 4.57. The van der Waals surface area contributed by atoms with E-state index in [0.717, 1.165) is 6.07 Å². The van der Waals surface area contributed by atoms with Gasteiger partial charge in [-0.25, -0.2) is 13.2 Å². The molecule has 2 aromatic carbocycles. The molecule has 0 radical (unpaired) electrons. The van der Waals surface area contributed by atoms with Gasteiger partial charge in [-0.05, 0) is 52.9 Å². The van der Waals surface area contributed by atoms with Gasteiger partial charge in [-0.3, -0.25) is 4.79 Å². The van der Waals surface area contributed by atoms with Crippen LogP contribution in [0.5, 0.6) is 0 Å². The average molecular weight is 491 g/mol. The predicted octanol–water partition coefficient (Wildman–Crippen LogP) is 3.25. The molecule has 0 bridgehead atoms. The first-order valence-corrected chi connectivity index (χ1v) is 9.12. The molecule has 0 aliphatic carbocycles. The molecule has 1 fully saturated rings. The number of nitrogens with two attached hydrogens (primary N) is 1. The molecule has 0 unspecified atom stereocenters. The highest BCUT2D eigenvalue weighted by Crippen LogP contribution is 2.32. The minimum atomic E-state index is -1.25. The van der Waals surface area contributed by atoms with Crippen molar-refractivity contribution in [3.8, 4) is 0 Å². The number of nitrogens with zero attached hydrogens (tertiary/aromatic N) is 1. The Morgan fingerprint density at radius 2 is 1.96 bits per heavy atom. The van der Waals surface area contributed by atoms with Crippen molar-refractivity contribution in [2.24, 2.45) is 5.73 Å². The van der Waals surface area contributed by atoms with Gasteiger partial charge in [0.05, 0.1) is 30.0 Å². The standard InChI is InChI=1S/C18H17F3IN3O2/c1-27-18(7-23)8-25(9-18)17(26)11-3-4-12(19)15(21)16(11)24-14-5-2-10(22)6-13(14)20/h2-6,24H,7-9,23H2,1H3. The van der Waals surface area contributed by atoms with E-state index < -0.39 is 34.6 Å². The summed E-state index contributed by atoms with van der Waals surface area (Å²) in [5.74, 6) is -3.56. The lowest BCUT2D eigenvalue weighted by Gasteiger charge is -2.48. The molecule has 9 heteroatoms. The number of rotatable bonds is 5. The Labute approximate surface area is 167 Å². The molecule has 1 heterocycles. The van der Waals surface area contributed by atoms with E-state index in [1.165, 1.54) is 30.2 Å². The lowest BCUT2D eigenvalue weighted by atomic mass is 9.92. The van der Waals surface area contributed by atoms with E-state index in [0.29, 0.717) is 3.57 Å². The average Bonchev–Trinajstić information content (AvgIpc) is 2.61. The zero-order valence-electron chi connectivity index (χ0n) is 14.4. The fourth-order valence-corrected chi connectivity index (χ4v) is 3.33. The molecule has 0 atom stereocenters. The first kappa shape index (κ1) is 19.9. The van der Waals surface area contributed by atoms with E-state index in [-0.39, 0.29) is 30.9 Å². The van der Waals surface area contributed by atoms with Gasteiger partial charge in [0.2, 0.25) is 0 Å². The summed E-state index contributed by atoms with van der Waals surface area (Å²) in [7, 11) is 1.50. The second-order valence-corrected chi connectivity index (χ2v) is 7.53. The maximum absolute atomic E-state index is 14.4. The Balaban J connectivity index is 1.93. The monoisotopic (exact) mass is 491 g/mol. The number of likely N-dealkylation sites (tertiary alicyclic amines) is 1. The van der Waals surface area contributed by atoms with Gasteiger partial charge < -0.3 is 20.7 Å². The molecular weight excluding hydrogens is 474 g/mol. The molecule has 1 amide bonds. The predicted molar refractivity (Wildman–Crippen MR) is 103 cm³/mol. The molecule has 0 saturated carbocycles. The first-order chi connectivity index (χ1) is 12.8. The lowest BCUT2D eigenvalue weighted by Crippen LogP contribution is -2.67. The largest absolute Gasteiger partial charge is 0.373 e. The van der Waals surface area contributed by atoms with Gasteiger partial charge in [0.1, 0.15) is 11.4 Å². The van der Waals surface area contributed by atoms with Crippen LogP contribution in [0.3, 0.4) is 0 Å². The van der Waals surface area contributed by atoms with Gasteiger partial charge in [0.25, 0.3) is 5.91 Å². The summed E-state index contributed by atoms with van der Waals surface area (Å²) < 4.78 is 48.2. The summed E-state index contributed by atoms with van der Waals surface area (Å²) in [6.07, 6.45) is 0. The molecular formula is C18H17F3IN3O2. The van der Waals surface area contributed by atoms with E-state index in [4.69, 9.17) is 10.5 Å². The molecule has 5 nitrogen and oxygen atoms in total. The number of halogens is 4. The number of amides is 1. The molecule has 1 aliphatic rings. The van der Waals surface area contributed by atoms with Gasteiger partial charge in [0, 0.05) is 17.2 Å². The van der Waals surface area contributed by atoms with Gasteiger partial charge in [-0.1, -0.05) is 0 Å². The summed E-state index contributed by atoms with van der Waals surface area (Å²) in [6, 6.07) is 6.27. The topological polar surface area (TPSA) is 67.6 Å². The second-order valence-electron chi connectivity index (χ2n) is 6.29. The lowest BCUT2D eigenvalue weighted by molar-refractivity contribution is -0.101. The number of carbonyl (C=O) groups excluding carboxylic acids is 1. The summed E-state index contributed by atoms with van der Waals surface area (Å²) in [5.41, 5.74) is 4.44. The van der Waals surface area contributed by atoms with Gasteiger partial charge in [-0.15, -0.1) is 0 Å². The highest BCUT2D eigenvalue weighted by molar-refractivity contribution is 14.1. The highest BCUT2D eigenvalue weighted by Gasteiger charge is 2.45. The number of hydrogen-bond acceptors (Lipinski definition) is 4. The zero-order valence-corrected chi connectivity index (χ0v) is 16.5. The van der Waals surface area contributed by atoms with E-state index >= 15 is 0 Å². The molecule has 3 rings (SSSR count). The van der Waals surface area contributed by atoms with Gasteiger partial charge >= 0.3 is 0 Å². The summed E-state index contributed by atoms with van der Waals surface area (Å²) >= 11 is 1.93. The van der Waals surface area contributed by atoms with Crippen molar-refractivity contribution in [3.05, 3.63) is 56.9 Å². The number of methoxy groups -OCH3 is 1. The number of hydrogen-bond donors (Lipinski definition) is 2. The van der Waals surface area contributed by atoms with Gasteiger partial charge in [-0.2, -0.15) is 0 Å². The third kappa shape index (κ3) is 3.76. The molecule has 2 aromatic rings. The van der Waals surface area contributed by atoms with Crippen LogP contribution in [0.1, 0.15) is 10.4 Å². The fraction of sp³-hybridized carbons (Fsp3) is 0.278. The van der Waals surface area contributed by atoms with Crippen LogP contribution in [-0.2, 0) is 4.74 Å². The second kappa shape index (κ2) is 7.64. The van der Waals surface area contributed by atoms with Crippen LogP contribution in [0.25, 0.3) is 0 Å². The van der Waals surface area contributed by atoms with E-state index in [2.05, 4.69) is 5.32 Å². The maximum atomic E-state index is 14.4. The van der Waals surface area contributed by atoms with Crippen LogP contribution in [0.4, 0.5) is 24.5 Å². The maximum Gasteiger partial charge on any atom is 0.256 e. The molecule has 1 saturated heterocycles. The zero-order chi connectivity index (χ0) is 19.8. The van der Waals surface area contributed by atoms with Crippen molar-refractivity contribution >= 4 is 39.9 Å². The number of ether oxygens (including phenoxy) is 1. The first-order valence-electron chi connectivity index (χ1n) is 8.05. The SMILES string of the molecule is COC1(CN)CN(C(=O)c2ccc(F)c(F)c2Nc2ccc(I)cc2F)C1. The van der Waals surface area contributed by atoms with Crippen molar-refractivity contribution in [2.75, 3.05) is 32.1 Å². The normalized spacial score (nSPS) is 15.4. The van der Waals surface area contributed by atoms with Crippen LogP contribution < -0.4 is 11.1 Å². The summed E-state index contributed by atoms with van der Waals surface area (Å²) in [4.78, 5) is 14.2. The van der Waals surface area contributed by atoms with Crippen LogP contribution in [0, 0.1) is 21.0 Å². The smallest absolute Gasteiger partial charge is 0.256 e. The Morgan fingerprint density at radius 1 is 1.26 bits per heavy atom. The fourth-order valence-electron chi connectivity index (χ4n) is 2.88. The number of carbonyl (C=O) groups is 1. The van der Waals surface area contributed by atoms with Crippen molar-refractivity contribution in [1.82, 2.24) is 4.90 Å². The number of benzene rings is 2. The molecule has 144 valence electrons. The molecule has 3 N–H and O–H groups in total. The van der Waals surface area contributed by atoms with Crippen LogP contribution >= 0.6 is 22.6 Å².